The summed E-state index contributed by atoms with van der Waals surface area (Å²) in [5.41, 5.74) is 2.26. The highest BCUT2D eigenvalue weighted by Crippen LogP contribution is 2.33. The maximum absolute atomic E-state index is 10.1. The quantitative estimate of drug-likeness (QED) is 0.847. The fraction of sp³-hybridized carbons (Fsp3) is 0.643. The first kappa shape index (κ1) is 13.2. The molecule has 0 bridgehead atoms. The van der Waals surface area contributed by atoms with Crippen LogP contribution < -0.4 is 0 Å². The van der Waals surface area contributed by atoms with Crippen LogP contribution in [0.2, 0.25) is 0 Å². The Balaban J connectivity index is 2.69. The maximum atomic E-state index is 10.1. The van der Waals surface area contributed by atoms with Gasteiger partial charge in [0.05, 0.1) is 6.10 Å². The van der Waals surface area contributed by atoms with Gasteiger partial charge in [-0.15, -0.1) is 0 Å². The number of hydrogen-bond donors (Lipinski definition) is 1. The first-order valence-electron chi connectivity index (χ1n) is 5.90. The third-order valence-corrected chi connectivity index (χ3v) is 3.34. The van der Waals surface area contributed by atoms with Gasteiger partial charge in [0.2, 0.25) is 0 Å². The number of rotatable bonds is 3. The second-order valence-electron chi connectivity index (χ2n) is 5.81. The molecule has 1 heterocycles. The summed E-state index contributed by atoms with van der Waals surface area (Å²) in [6.45, 7) is 10.8. The summed E-state index contributed by atoms with van der Waals surface area (Å²) in [4.78, 5) is 4.11. The van der Waals surface area contributed by atoms with Crippen LogP contribution >= 0.6 is 0 Å². The van der Waals surface area contributed by atoms with E-state index in [1.807, 2.05) is 19.2 Å². The van der Waals surface area contributed by atoms with Crippen LogP contribution in [0.5, 0.6) is 0 Å². The van der Waals surface area contributed by atoms with E-state index in [2.05, 4.69) is 32.7 Å². The van der Waals surface area contributed by atoms with Crippen LogP contribution in [0.1, 0.15) is 51.3 Å². The van der Waals surface area contributed by atoms with E-state index in [9.17, 15) is 5.11 Å². The standard InChI is InChI=1S/C14H23NO/c1-10-6-12(9-15-8-10)13(16)7-11(2)14(3,4)5/h6,8-9,11,13,16H,7H2,1-5H3. The molecule has 2 nitrogen and oxygen atoms in total. The normalized spacial score (nSPS) is 15.9. The van der Waals surface area contributed by atoms with Crippen molar-refractivity contribution in [1.82, 2.24) is 4.98 Å². The van der Waals surface area contributed by atoms with Crippen LogP contribution in [0.3, 0.4) is 0 Å². The fourth-order valence-corrected chi connectivity index (χ4v) is 1.59. The van der Waals surface area contributed by atoms with E-state index < -0.39 is 6.10 Å². The van der Waals surface area contributed by atoms with E-state index in [1.165, 1.54) is 0 Å². The lowest BCUT2D eigenvalue weighted by molar-refractivity contribution is 0.110. The number of aryl methyl sites for hydroxylation is 1. The molecule has 16 heavy (non-hydrogen) atoms. The minimum absolute atomic E-state index is 0.234. The van der Waals surface area contributed by atoms with Crippen LogP contribution in [0.15, 0.2) is 18.5 Å². The smallest absolute Gasteiger partial charge is 0.0807 e. The zero-order chi connectivity index (χ0) is 12.3. The molecule has 2 atom stereocenters. The molecule has 0 amide bonds. The molecule has 0 spiro atoms. The van der Waals surface area contributed by atoms with Crippen LogP contribution in [0.25, 0.3) is 0 Å². The Labute approximate surface area is 98.7 Å². The molecule has 1 N–H and O–H groups in total. The van der Waals surface area contributed by atoms with Gasteiger partial charge in [0, 0.05) is 12.4 Å². The average molecular weight is 221 g/mol. The maximum Gasteiger partial charge on any atom is 0.0807 e. The lowest BCUT2D eigenvalue weighted by Crippen LogP contribution is -2.19. The van der Waals surface area contributed by atoms with Crippen molar-refractivity contribution in [2.24, 2.45) is 11.3 Å². The van der Waals surface area contributed by atoms with E-state index in [-0.39, 0.29) is 5.41 Å². The first-order chi connectivity index (χ1) is 7.30. The topological polar surface area (TPSA) is 33.1 Å². The molecule has 0 aliphatic rings. The van der Waals surface area contributed by atoms with Gasteiger partial charge in [-0.2, -0.15) is 0 Å². The SMILES string of the molecule is Cc1cncc(C(O)CC(C)C(C)(C)C)c1. The summed E-state index contributed by atoms with van der Waals surface area (Å²) in [5.74, 6) is 0.475. The van der Waals surface area contributed by atoms with E-state index >= 15 is 0 Å². The molecule has 1 aromatic heterocycles. The summed E-state index contributed by atoms with van der Waals surface area (Å²) in [5, 5.41) is 10.1. The Morgan fingerprint density at radius 3 is 2.44 bits per heavy atom. The van der Waals surface area contributed by atoms with Gasteiger partial charge in [-0.1, -0.05) is 33.8 Å². The highest BCUT2D eigenvalue weighted by molar-refractivity contribution is 5.18. The first-order valence-corrected chi connectivity index (χ1v) is 5.90. The van der Waals surface area contributed by atoms with Crippen molar-refractivity contribution in [3.05, 3.63) is 29.6 Å². The largest absolute Gasteiger partial charge is 0.388 e. The van der Waals surface area contributed by atoms with Gasteiger partial charge in [0.25, 0.3) is 0 Å². The Morgan fingerprint density at radius 1 is 1.31 bits per heavy atom. The molecule has 1 aromatic rings. The van der Waals surface area contributed by atoms with Crippen molar-refractivity contribution in [2.45, 2.75) is 47.1 Å². The van der Waals surface area contributed by atoms with E-state index in [0.29, 0.717) is 5.92 Å². The Morgan fingerprint density at radius 2 is 1.94 bits per heavy atom. The van der Waals surface area contributed by atoms with Crippen molar-refractivity contribution >= 4 is 0 Å². The molecule has 0 saturated carbocycles. The lowest BCUT2D eigenvalue weighted by Gasteiger charge is -2.29. The van der Waals surface area contributed by atoms with E-state index in [1.54, 1.807) is 6.20 Å². The summed E-state index contributed by atoms with van der Waals surface area (Å²) in [6, 6.07) is 2.01. The van der Waals surface area contributed by atoms with Gasteiger partial charge in [-0.05, 0) is 35.8 Å². The van der Waals surface area contributed by atoms with Crippen molar-refractivity contribution in [2.75, 3.05) is 0 Å². The molecule has 0 fully saturated rings. The summed E-state index contributed by atoms with van der Waals surface area (Å²) >= 11 is 0. The zero-order valence-corrected chi connectivity index (χ0v) is 11.0. The highest BCUT2D eigenvalue weighted by atomic mass is 16.3. The Bertz CT molecular complexity index is 341. The Hall–Kier alpha value is -0.890. The van der Waals surface area contributed by atoms with Crippen molar-refractivity contribution < 1.29 is 5.11 Å². The van der Waals surface area contributed by atoms with Gasteiger partial charge in [0.1, 0.15) is 0 Å². The van der Waals surface area contributed by atoms with Gasteiger partial charge in [-0.3, -0.25) is 4.98 Å². The average Bonchev–Trinajstić information content (AvgIpc) is 2.16. The second-order valence-corrected chi connectivity index (χ2v) is 5.81. The molecule has 2 unspecified atom stereocenters. The fourth-order valence-electron chi connectivity index (χ4n) is 1.59. The van der Waals surface area contributed by atoms with Crippen molar-refractivity contribution in [3.8, 4) is 0 Å². The third-order valence-electron chi connectivity index (χ3n) is 3.34. The monoisotopic (exact) mass is 221 g/mol. The molecule has 0 aliphatic heterocycles. The molecule has 0 radical (unpaired) electrons. The number of aliphatic hydroxyl groups is 1. The van der Waals surface area contributed by atoms with Gasteiger partial charge in [0.15, 0.2) is 0 Å². The molecular formula is C14H23NO. The van der Waals surface area contributed by atoms with Gasteiger partial charge >= 0.3 is 0 Å². The van der Waals surface area contributed by atoms with Gasteiger partial charge < -0.3 is 5.11 Å². The number of nitrogens with zero attached hydrogens (tertiary/aromatic N) is 1. The molecule has 2 heteroatoms. The predicted molar refractivity (Wildman–Crippen MR) is 67.2 cm³/mol. The summed E-state index contributed by atoms with van der Waals surface area (Å²) < 4.78 is 0. The minimum atomic E-state index is -0.401. The summed E-state index contributed by atoms with van der Waals surface area (Å²) in [6.07, 6.45) is 3.95. The van der Waals surface area contributed by atoms with Crippen LogP contribution in [0, 0.1) is 18.3 Å². The molecule has 0 saturated heterocycles. The number of aromatic nitrogens is 1. The van der Waals surface area contributed by atoms with Crippen molar-refractivity contribution in [1.29, 1.82) is 0 Å². The molecule has 1 rings (SSSR count). The van der Waals surface area contributed by atoms with Gasteiger partial charge in [-0.25, -0.2) is 0 Å². The molecule has 90 valence electrons. The van der Waals surface area contributed by atoms with Crippen molar-refractivity contribution in [3.63, 3.8) is 0 Å². The van der Waals surface area contributed by atoms with E-state index in [0.717, 1.165) is 17.5 Å². The summed E-state index contributed by atoms with van der Waals surface area (Å²) in [7, 11) is 0. The lowest BCUT2D eigenvalue weighted by atomic mass is 9.78. The minimum Gasteiger partial charge on any atom is -0.388 e. The molecule has 0 aliphatic carbocycles. The number of aliphatic hydroxyl groups excluding tert-OH is 1. The molecular weight excluding hydrogens is 198 g/mol. The van der Waals surface area contributed by atoms with Crippen LogP contribution in [-0.4, -0.2) is 10.1 Å². The number of pyridine rings is 1. The highest BCUT2D eigenvalue weighted by Gasteiger charge is 2.23. The number of hydrogen-bond acceptors (Lipinski definition) is 2. The zero-order valence-electron chi connectivity index (χ0n) is 11.0. The third kappa shape index (κ3) is 3.60. The van der Waals surface area contributed by atoms with Crippen LogP contribution in [-0.2, 0) is 0 Å². The predicted octanol–water partition coefficient (Wildman–Crippen LogP) is 3.50. The molecule has 0 aromatic carbocycles. The Kier molecular flexibility index (Phi) is 4.09. The van der Waals surface area contributed by atoms with Crippen LogP contribution in [0.4, 0.5) is 0 Å². The second kappa shape index (κ2) is 4.96. The van der Waals surface area contributed by atoms with E-state index in [4.69, 9.17) is 0 Å².